The molecule has 0 aliphatic carbocycles. The fourth-order valence-corrected chi connectivity index (χ4v) is 1.28. The van der Waals surface area contributed by atoms with Gasteiger partial charge >= 0.3 is 17.5 Å². The van der Waals surface area contributed by atoms with E-state index >= 15 is 0 Å². The Morgan fingerprint density at radius 3 is 2.58 bits per heavy atom. The smallest absolute Gasteiger partial charge is 0.475 e. The average Bonchev–Trinajstić information content (AvgIpc) is 2.42. The van der Waals surface area contributed by atoms with Gasteiger partial charge in [-0.05, 0) is 19.3 Å². The number of carbonyl (C=O) groups is 2. The molecule has 0 saturated heterocycles. The first kappa shape index (κ1) is 16.6. The molecule has 7 heteroatoms. The topological polar surface area (TPSA) is 95.0 Å². The molecule has 0 radical (unpaired) electrons. The van der Waals surface area contributed by atoms with Gasteiger partial charge in [0.1, 0.15) is 0 Å². The van der Waals surface area contributed by atoms with Crippen molar-refractivity contribution in [2.24, 2.45) is 0 Å². The number of carbonyl (C=O) groups excluding carboxylic acids is 2. The summed E-state index contributed by atoms with van der Waals surface area (Å²) in [5.41, 5.74) is -0.718. The van der Waals surface area contributed by atoms with Gasteiger partial charge in [0.15, 0.2) is 4.98 Å². The molecule has 0 bridgehead atoms. The molecular formula is C12H18N3O4+. The van der Waals surface area contributed by atoms with Crippen LogP contribution in [0.15, 0.2) is 24.3 Å². The Morgan fingerprint density at radius 2 is 2.11 bits per heavy atom. The molecule has 0 spiro atoms. The quantitative estimate of drug-likeness (QED) is 0.250. The molecule has 19 heavy (non-hydrogen) atoms. The number of hydrogen-bond donors (Lipinski definition) is 1. The lowest BCUT2D eigenvalue weighted by Gasteiger charge is -2.11. The van der Waals surface area contributed by atoms with Crippen molar-refractivity contribution in [3.63, 3.8) is 0 Å². The number of ether oxygens (including phenoxy) is 1. The number of unbranched alkanes of at least 4 members (excludes halogenated alkanes) is 2. The molecule has 0 atom stereocenters. The maximum Gasteiger partial charge on any atom is 0.527 e. The minimum atomic E-state index is -0.935. The highest BCUT2D eigenvalue weighted by Crippen LogP contribution is 2.10. The van der Waals surface area contributed by atoms with E-state index in [1.807, 2.05) is 0 Å². The number of aliphatic hydroxyl groups is 1. The molecule has 0 aliphatic heterocycles. The molecule has 7 nitrogen and oxygen atoms in total. The molecule has 0 rings (SSSR count). The van der Waals surface area contributed by atoms with E-state index in [9.17, 15) is 14.7 Å². The van der Waals surface area contributed by atoms with Crippen LogP contribution in [0.2, 0.25) is 0 Å². The SMILES string of the molecule is C=CCCCCC(=O)N(C)C(=O)/C([N+]#N)=C(/O)OC. The van der Waals surface area contributed by atoms with E-state index in [1.54, 1.807) is 6.08 Å². The molecule has 0 heterocycles. The molecule has 104 valence electrons. The second kappa shape index (κ2) is 8.69. The largest absolute Gasteiger partial charge is 0.527 e. The average molecular weight is 268 g/mol. The van der Waals surface area contributed by atoms with Crippen LogP contribution in [0, 0.1) is 5.39 Å². The number of amides is 2. The fraction of sp³-hybridized carbons (Fsp3) is 0.500. The van der Waals surface area contributed by atoms with Crippen LogP contribution in [-0.2, 0) is 14.3 Å². The highest BCUT2D eigenvalue weighted by Gasteiger charge is 2.35. The summed E-state index contributed by atoms with van der Waals surface area (Å²) in [7, 11) is 2.34. The number of likely N-dealkylation sites (N-methyl/N-ethyl adjacent to an activating group) is 1. The van der Waals surface area contributed by atoms with Crippen LogP contribution < -0.4 is 0 Å². The molecule has 0 saturated carbocycles. The standard InChI is InChI=1S/C12H17N3O4/c1-4-5-6-7-8-9(16)15(2)11(17)10(14-13)12(18)19-3/h4H,1,5-8H2,2-3H3/p+1. The Hall–Kier alpha value is -2.36. The van der Waals surface area contributed by atoms with E-state index in [1.165, 1.54) is 7.05 Å². The number of hydrogen-bond acceptors (Lipinski definition) is 5. The maximum absolute atomic E-state index is 11.7. The van der Waals surface area contributed by atoms with E-state index in [-0.39, 0.29) is 6.42 Å². The normalized spacial score (nSPS) is 11.0. The predicted octanol–water partition coefficient (Wildman–Crippen LogP) is 1.94. The van der Waals surface area contributed by atoms with Gasteiger partial charge in [-0.1, -0.05) is 6.08 Å². The summed E-state index contributed by atoms with van der Waals surface area (Å²) in [4.78, 5) is 26.8. The molecule has 0 aromatic rings. The lowest BCUT2D eigenvalue weighted by atomic mass is 10.2. The van der Waals surface area contributed by atoms with Crippen LogP contribution in [0.3, 0.4) is 0 Å². The van der Waals surface area contributed by atoms with E-state index in [0.717, 1.165) is 24.9 Å². The Morgan fingerprint density at radius 1 is 1.47 bits per heavy atom. The lowest BCUT2D eigenvalue weighted by molar-refractivity contribution is -0.141. The minimum Gasteiger partial charge on any atom is -0.475 e. The number of methoxy groups -OCH3 is 1. The third kappa shape index (κ3) is 5.21. The highest BCUT2D eigenvalue weighted by molar-refractivity contribution is 6.05. The number of rotatable bonds is 7. The molecule has 1 N–H and O–H groups in total. The molecule has 0 unspecified atom stereocenters. The maximum atomic E-state index is 11.7. The number of diazo groups is 1. The Balaban J connectivity index is 4.60. The first-order chi connectivity index (χ1) is 8.99. The highest BCUT2D eigenvalue weighted by atomic mass is 16.6. The predicted molar refractivity (Wildman–Crippen MR) is 68.2 cm³/mol. The van der Waals surface area contributed by atoms with Crippen LogP contribution in [0.4, 0.5) is 0 Å². The van der Waals surface area contributed by atoms with E-state index in [2.05, 4.69) is 16.3 Å². The Bertz CT molecular complexity index is 423. The van der Waals surface area contributed by atoms with Crippen molar-refractivity contribution >= 4 is 11.8 Å². The third-order valence-electron chi connectivity index (χ3n) is 2.43. The Labute approximate surface area is 111 Å². The van der Waals surface area contributed by atoms with Crippen LogP contribution in [0.1, 0.15) is 25.7 Å². The second-order valence-electron chi connectivity index (χ2n) is 3.75. The van der Waals surface area contributed by atoms with Crippen LogP contribution >= 0.6 is 0 Å². The van der Waals surface area contributed by atoms with Crippen LogP contribution in [-0.4, -0.2) is 36.0 Å². The van der Waals surface area contributed by atoms with Gasteiger partial charge in [0.05, 0.1) is 7.11 Å². The summed E-state index contributed by atoms with van der Waals surface area (Å²) in [6.07, 6.45) is 4.15. The summed E-state index contributed by atoms with van der Waals surface area (Å²) in [6, 6.07) is 0. The van der Waals surface area contributed by atoms with Gasteiger partial charge < -0.3 is 9.84 Å². The summed E-state index contributed by atoms with van der Waals surface area (Å²) in [6.45, 7) is 3.57. The van der Waals surface area contributed by atoms with Crippen molar-refractivity contribution in [3.05, 3.63) is 29.3 Å². The van der Waals surface area contributed by atoms with Gasteiger partial charge in [-0.3, -0.25) is 14.5 Å². The van der Waals surface area contributed by atoms with E-state index in [0.29, 0.717) is 6.42 Å². The minimum absolute atomic E-state index is 0.183. The molecule has 0 aromatic carbocycles. The summed E-state index contributed by atoms with van der Waals surface area (Å²) < 4.78 is 4.38. The monoisotopic (exact) mass is 268 g/mol. The molecular weight excluding hydrogens is 250 g/mol. The van der Waals surface area contributed by atoms with Gasteiger partial charge in [0.2, 0.25) is 11.3 Å². The van der Waals surface area contributed by atoms with Crippen molar-refractivity contribution in [2.45, 2.75) is 25.7 Å². The Kier molecular flexibility index (Phi) is 7.61. The van der Waals surface area contributed by atoms with Gasteiger partial charge in [0, 0.05) is 13.5 Å². The van der Waals surface area contributed by atoms with E-state index < -0.39 is 23.5 Å². The summed E-state index contributed by atoms with van der Waals surface area (Å²) >= 11 is 0. The van der Waals surface area contributed by atoms with Crippen molar-refractivity contribution in [2.75, 3.05) is 14.2 Å². The fourth-order valence-electron chi connectivity index (χ4n) is 1.28. The number of allylic oxidation sites excluding steroid dienone is 1. The molecule has 0 aromatic heterocycles. The third-order valence-corrected chi connectivity index (χ3v) is 2.43. The number of nitrogens with zero attached hydrogens (tertiary/aromatic N) is 3. The number of aliphatic hydroxyl groups excluding tert-OH is 1. The summed E-state index contributed by atoms with van der Waals surface area (Å²) in [5.74, 6) is -2.21. The first-order valence-electron chi connectivity index (χ1n) is 5.73. The van der Waals surface area contributed by atoms with Gasteiger partial charge in [-0.25, -0.2) is 0 Å². The zero-order chi connectivity index (χ0) is 14.8. The van der Waals surface area contributed by atoms with Crippen LogP contribution in [0.5, 0.6) is 0 Å². The number of imide groups is 1. The molecule has 2 amide bonds. The van der Waals surface area contributed by atoms with E-state index in [4.69, 9.17) is 5.39 Å². The van der Waals surface area contributed by atoms with Crippen molar-refractivity contribution in [1.29, 1.82) is 5.39 Å². The summed E-state index contributed by atoms with van der Waals surface area (Å²) in [5, 5.41) is 17.8. The van der Waals surface area contributed by atoms with Gasteiger partial charge in [0.25, 0.3) is 0 Å². The molecule has 0 fully saturated rings. The van der Waals surface area contributed by atoms with Crippen LogP contribution in [0.25, 0.3) is 4.98 Å². The van der Waals surface area contributed by atoms with Crippen molar-refractivity contribution in [3.8, 4) is 0 Å². The second-order valence-corrected chi connectivity index (χ2v) is 3.75. The lowest BCUT2D eigenvalue weighted by Crippen LogP contribution is -2.34. The zero-order valence-corrected chi connectivity index (χ0v) is 11.1. The zero-order valence-electron chi connectivity index (χ0n) is 11.1. The molecule has 0 aliphatic rings. The van der Waals surface area contributed by atoms with Gasteiger partial charge in [-0.15, -0.1) is 6.58 Å². The van der Waals surface area contributed by atoms with Crippen molar-refractivity contribution in [1.82, 2.24) is 4.90 Å². The first-order valence-corrected chi connectivity index (χ1v) is 5.73. The van der Waals surface area contributed by atoms with Crippen molar-refractivity contribution < 1.29 is 19.4 Å². The van der Waals surface area contributed by atoms with Gasteiger partial charge in [-0.2, -0.15) is 0 Å².